The van der Waals surface area contributed by atoms with Gasteiger partial charge in [0.05, 0.1) is 6.42 Å². The van der Waals surface area contributed by atoms with Crippen LogP contribution < -0.4 is 5.32 Å². The second kappa shape index (κ2) is 10.1. The molecular weight excluding hydrogens is 444 g/mol. The summed E-state index contributed by atoms with van der Waals surface area (Å²) in [6, 6.07) is 16.6. The van der Waals surface area contributed by atoms with Gasteiger partial charge in [-0.25, -0.2) is 4.79 Å². The molecule has 7 heteroatoms. The fourth-order valence-corrected chi connectivity index (χ4v) is 5.72. The number of carboxylic acid groups (broad SMARTS) is 1. The molecule has 184 valence electrons. The highest BCUT2D eigenvalue weighted by molar-refractivity contribution is 5.79. The van der Waals surface area contributed by atoms with E-state index >= 15 is 0 Å². The van der Waals surface area contributed by atoms with Crippen LogP contribution >= 0.6 is 0 Å². The normalized spacial score (nSPS) is 20.7. The van der Waals surface area contributed by atoms with E-state index < -0.39 is 12.1 Å². The Balaban J connectivity index is 1.17. The van der Waals surface area contributed by atoms with Gasteiger partial charge in [-0.2, -0.15) is 0 Å². The molecule has 2 fully saturated rings. The minimum atomic E-state index is -0.890. The molecule has 35 heavy (non-hydrogen) atoms. The van der Waals surface area contributed by atoms with Gasteiger partial charge in [-0.1, -0.05) is 55.0 Å². The van der Waals surface area contributed by atoms with E-state index in [9.17, 15) is 14.4 Å². The van der Waals surface area contributed by atoms with E-state index in [2.05, 4.69) is 29.6 Å². The van der Waals surface area contributed by atoms with E-state index in [4.69, 9.17) is 9.84 Å². The Bertz CT molecular complexity index is 1070. The van der Waals surface area contributed by atoms with Crippen LogP contribution in [-0.2, 0) is 14.3 Å². The van der Waals surface area contributed by atoms with E-state index in [-0.39, 0.29) is 49.4 Å². The van der Waals surface area contributed by atoms with Gasteiger partial charge in [0.1, 0.15) is 6.61 Å². The van der Waals surface area contributed by atoms with Crippen LogP contribution in [0.25, 0.3) is 11.1 Å². The van der Waals surface area contributed by atoms with Gasteiger partial charge in [0.2, 0.25) is 5.91 Å². The van der Waals surface area contributed by atoms with E-state index in [1.54, 1.807) is 4.90 Å². The van der Waals surface area contributed by atoms with Crippen molar-refractivity contribution in [2.45, 2.75) is 62.9 Å². The number of fused-ring (bicyclic) bond motifs is 3. The summed E-state index contributed by atoms with van der Waals surface area (Å²) in [4.78, 5) is 38.4. The molecule has 2 amide bonds. The Kier molecular flexibility index (Phi) is 6.75. The molecule has 2 aromatic carbocycles. The molecule has 0 saturated heterocycles. The molecule has 0 radical (unpaired) electrons. The lowest BCUT2D eigenvalue weighted by atomic mass is 9.98. The van der Waals surface area contributed by atoms with Crippen LogP contribution in [0.1, 0.15) is 62.0 Å². The number of carbonyl (C=O) groups is 3. The van der Waals surface area contributed by atoms with Crippen LogP contribution in [0.2, 0.25) is 0 Å². The Morgan fingerprint density at radius 3 is 2.23 bits per heavy atom. The first-order valence-electron chi connectivity index (χ1n) is 12.6. The monoisotopic (exact) mass is 476 g/mol. The molecular formula is C28H32N2O5. The van der Waals surface area contributed by atoms with Gasteiger partial charge >= 0.3 is 12.1 Å². The SMILES string of the molecule is O=C(O)CCN(C(=O)CC1CCCC1NC(=O)OCC1c2ccccc2-c2ccccc21)C1CC1. The molecule has 2 saturated carbocycles. The van der Waals surface area contributed by atoms with Crippen molar-refractivity contribution in [1.29, 1.82) is 0 Å². The van der Waals surface area contributed by atoms with Gasteiger partial charge in [-0.05, 0) is 53.9 Å². The zero-order valence-electron chi connectivity index (χ0n) is 19.8. The maximum atomic E-state index is 12.9. The third-order valence-electron chi connectivity index (χ3n) is 7.62. The van der Waals surface area contributed by atoms with Crippen molar-refractivity contribution in [3.8, 4) is 11.1 Å². The number of rotatable bonds is 9. The predicted octanol–water partition coefficient (Wildman–Crippen LogP) is 4.55. The van der Waals surface area contributed by atoms with Crippen molar-refractivity contribution in [2.75, 3.05) is 13.2 Å². The second-order valence-corrected chi connectivity index (χ2v) is 9.93. The minimum Gasteiger partial charge on any atom is -0.481 e. The predicted molar refractivity (Wildman–Crippen MR) is 131 cm³/mol. The topological polar surface area (TPSA) is 95.9 Å². The smallest absolute Gasteiger partial charge is 0.407 e. The zero-order valence-corrected chi connectivity index (χ0v) is 19.8. The van der Waals surface area contributed by atoms with Crippen molar-refractivity contribution in [3.05, 3.63) is 59.7 Å². The molecule has 0 aliphatic heterocycles. The van der Waals surface area contributed by atoms with Gasteiger partial charge in [0.15, 0.2) is 0 Å². The number of alkyl carbamates (subject to hydrolysis) is 1. The number of nitrogens with one attached hydrogen (secondary N) is 1. The first-order chi connectivity index (χ1) is 17.0. The number of carboxylic acids is 1. The van der Waals surface area contributed by atoms with E-state index in [1.807, 2.05) is 24.3 Å². The van der Waals surface area contributed by atoms with Crippen LogP contribution in [0.5, 0.6) is 0 Å². The summed E-state index contributed by atoms with van der Waals surface area (Å²) in [5.41, 5.74) is 4.73. The van der Waals surface area contributed by atoms with Gasteiger partial charge in [0.25, 0.3) is 0 Å². The highest BCUT2D eigenvalue weighted by atomic mass is 16.5. The Labute approximate surface area is 205 Å². The summed E-state index contributed by atoms with van der Waals surface area (Å²) in [6.07, 6.45) is 4.39. The largest absolute Gasteiger partial charge is 0.481 e. The third-order valence-corrected chi connectivity index (χ3v) is 7.62. The molecule has 0 bridgehead atoms. The maximum absolute atomic E-state index is 12.9. The molecule has 7 nitrogen and oxygen atoms in total. The molecule has 3 aliphatic rings. The number of hydrogen-bond donors (Lipinski definition) is 2. The number of carbonyl (C=O) groups excluding carboxylic acids is 2. The average molecular weight is 477 g/mol. The number of ether oxygens (including phenoxy) is 1. The first-order valence-corrected chi connectivity index (χ1v) is 12.6. The Hall–Kier alpha value is -3.35. The number of nitrogens with zero attached hydrogens (tertiary/aromatic N) is 1. The summed E-state index contributed by atoms with van der Waals surface area (Å²) in [6.45, 7) is 0.525. The summed E-state index contributed by atoms with van der Waals surface area (Å²) < 4.78 is 5.70. The number of hydrogen-bond acceptors (Lipinski definition) is 4. The van der Waals surface area contributed by atoms with Gasteiger partial charge < -0.3 is 20.1 Å². The zero-order chi connectivity index (χ0) is 24.4. The van der Waals surface area contributed by atoms with Crippen molar-refractivity contribution < 1.29 is 24.2 Å². The summed E-state index contributed by atoms with van der Waals surface area (Å²) >= 11 is 0. The number of benzene rings is 2. The highest BCUT2D eigenvalue weighted by Gasteiger charge is 2.37. The van der Waals surface area contributed by atoms with Crippen molar-refractivity contribution in [1.82, 2.24) is 10.2 Å². The fourth-order valence-electron chi connectivity index (χ4n) is 5.72. The molecule has 2 unspecified atom stereocenters. The van der Waals surface area contributed by atoms with Gasteiger partial charge in [-0.15, -0.1) is 0 Å². The summed E-state index contributed by atoms with van der Waals surface area (Å²) in [5, 5.41) is 12.0. The summed E-state index contributed by atoms with van der Waals surface area (Å²) in [7, 11) is 0. The molecule has 0 heterocycles. The lowest BCUT2D eigenvalue weighted by Gasteiger charge is -2.26. The molecule has 2 atom stereocenters. The second-order valence-electron chi connectivity index (χ2n) is 9.93. The van der Waals surface area contributed by atoms with Crippen LogP contribution in [0.4, 0.5) is 4.79 Å². The lowest BCUT2D eigenvalue weighted by molar-refractivity contribution is -0.139. The van der Waals surface area contributed by atoms with Crippen molar-refractivity contribution >= 4 is 18.0 Å². The van der Waals surface area contributed by atoms with Crippen LogP contribution in [0, 0.1) is 5.92 Å². The maximum Gasteiger partial charge on any atom is 0.407 e. The van der Waals surface area contributed by atoms with Crippen molar-refractivity contribution in [2.24, 2.45) is 5.92 Å². The van der Waals surface area contributed by atoms with Crippen molar-refractivity contribution in [3.63, 3.8) is 0 Å². The van der Waals surface area contributed by atoms with Gasteiger partial charge in [-0.3, -0.25) is 9.59 Å². The lowest BCUT2D eigenvalue weighted by Crippen LogP contribution is -2.41. The number of aliphatic carboxylic acids is 1. The molecule has 2 N–H and O–H groups in total. The summed E-state index contributed by atoms with van der Waals surface area (Å²) in [5.74, 6) is -0.830. The van der Waals surface area contributed by atoms with Crippen LogP contribution in [0.3, 0.4) is 0 Å². The van der Waals surface area contributed by atoms with Crippen LogP contribution in [0.15, 0.2) is 48.5 Å². The Morgan fingerprint density at radius 2 is 1.60 bits per heavy atom. The Morgan fingerprint density at radius 1 is 0.943 bits per heavy atom. The molecule has 0 aromatic heterocycles. The molecule has 0 spiro atoms. The average Bonchev–Trinajstić information content (AvgIpc) is 3.51. The van der Waals surface area contributed by atoms with E-state index in [0.29, 0.717) is 6.42 Å². The number of amides is 2. The fraction of sp³-hybridized carbons (Fsp3) is 0.464. The van der Waals surface area contributed by atoms with E-state index in [1.165, 1.54) is 22.3 Å². The standard InChI is InChI=1S/C28H32N2O5/c31-26(30(19-12-13-19)15-14-27(32)33)16-18-6-5-11-25(18)29-28(34)35-17-24-22-9-3-1-7-20(22)21-8-2-4-10-23(21)24/h1-4,7-10,18-19,24-25H,5-6,11-17H2,(H,29,34)(H,32,33). The van der Waals surface area contributed by atoms with Gasteiger partial charge in [0, 0.05) is 31.0 Å². The molecule has 5 rings (SSSR count). The quantitative estimate of drug-likeness (QED) is 0.554. The highest BCUT2D eigenvalue weighted by Crippen LogP contribution is 2.44. The first kappa shape index (κ1) is 23.4. The molecule has 2 aromatic rings. The minimum absolute atomic E-state index is 0.0000120. The molecule has 3 aliphatic carbocycles. The third kappa shape index (κ3) is 5.19. The van der Waals surface area contributed by atoms with E-state index in [0.717, 1.165) is 32.1 Å². The van der Waals surface area contributed by atoms with Crippen LogP contribution in [-0.4, -0.2) is 53.2 Å².